The highest BCUT2D eigenvalue weighted by molar-refractivity contribution is 7.89. The van der Waals surface area contributed by atoms with E-state index in [1.54, 1.807) is 13.8 Å². The van der Waals surface area contributed by atoms with Gasteiger partial charge < -0.3 is 14.7 Å². The number of nitrogens with zero attached hydrogens (tertiary/aromatic N) is 3. The molecule has 0 aromatic carbocycles. The van der Waals surface area contributed by atoms with Crippen LogP contribution in [0.2, 0.25) is 0 Å². The fourth-order valence-corrected chi connectivity index (χ4v) is 5.56. The third-order valence-corrected chi connectivity index (χ3v) is 7.45. The van der Waals surface area contributed by atoms with Crippen molar-refractivity contribution in [2.24, 2.45) is 5.92 Å². The predicted molar refractivity (Wildman–Crippen MR) is 96.1 cm³/mol. The number of aromatic nitrogens is 1. The van der Waals surface area contributed by atoms with Gasteiger partial charge in [0.15, 0.2) is 5.76 Å². The van der Waals surface area contributed by atoms with Crippen LogP contribution in [0.1, 0.15) is 37.1 Å². The number of carbonyl (C=O) groups excluding carboxylic acids is 1. The highest BCUT2D eigenvalue weighted by Crippen LogP contribution is 2.24. The van der Waals surface area contributed by atoms with Gasteiger partial charge in [0.25, 0.3) is 0 Å². The largest absolute Gasteiger partial charge is 0.360 e. The zero-order chi connectivity index (χ0) is 18.7. The van der Waals surface area contributed by atoms with Crippen LogP contribution in [0.3, 0.4) is 0 Å². The highest BCUT2D eigenvalue weighted by Gasteiger charge is 2.32. The number of nitrogens with one attached hydrogen (secondary N) is 1. The highest BCUT2D eigenvalue weighted by atomic mass is 32.2. The molecular formula is C17H28N4O4S. The summed E-state index contributed by atoms with van der Waals surface area (Å²) in [6, 6.07) is 0. The first-order chi connectivity index (χ1) is 12.4. The van der Waals surface area contributed by atoms with Crippen molar-refractivity contribution in [1.29, 1.82) is 0 Å². The lowest BCUT2D eigenvalue weighted by atomic mass is 10.0. The van der Waals surface area contributed by atoms with Crippen molar-refractivity contribution in [2.45, 2.75) is 44.4 Å². The van der Waals surface area contributed by atoms with Crippen LogP contribution in [-0.4, -0.2) is 68.0 Å². The summed E-state index contributed by atoms with van der Waals surface area (Å²) < 4.78 is 32.3. The van der Waals surface area contributed by atoms with Gasteiger partial charge in [-0.15, -0.1) is 0 Å². The maximum Gasteiger partial charge on any atom is 0.248 e. The molecule has 1 N–H and O–H groups in total. The second-order valence-electron chi connectivity index (χ2n) is 7.19. The van der Waals surface area contributed by atoms with E-state index in [0.717, 1.165) is 25.9 Å². The van der Waals surface area contributed by atoms with Gasteiger partial charge in [0.05, 0.1) is 0 Å². The predicted octanol–water partition coefficient (Wildman–Crippen LogP) is 0.904. The number of amides is 1. The molecule has 0 bridgehead atoms. The van der Waals surface area contributed by atoms with Gasteiger partial charge in [-0.2, -0.15) is 4.31 Å². The SMILES string of the molecule is Cc1noc(C)c1S(=O)(=O)N1CCCN(C(=O)CCC2CCNC2)CC1. The molecule has 1 amide bonds. The molecule has 8 nitrogen and oxygen atoms in total. The van der Waals surface area contributed by atoms with Crippen LogP contribution in [0.5, 0.6) is 0 Å². The van der Waals surface area contributed by atoms with Crippen LogP contribution < -0.4 is 5.32 Å². The monoisotopic (exact) mass is 384 g/mol. The van der Waals surface area contributed by atoms with E-state index in [4.69, 9.17) is 4.52 Å². The zero-order valence-corrected chi connectivity index (χ0v) is 16.3. The summed E-state index contributed by atoms with van der Waals surface area (Å²) in [5.74, 6) is 1.03. The molecule has 1 aromatic heterocycles. The lowest BCUT2D eigenvalue weighted by Crippen LogP contribution is -2.37. The number of sulfonamides is 1. The Hall–Kier alpha value is -1.45. The molecule has 2 fully saturated rings. The maximum absolute atomic E-state index is 12.9. The third-order valence-electron chi connectivity index (χ3n) is 5.30. The van der Waals surface area contributed by atoms with Gasteiger partial charge >= 0.3 is 0 Å². The second kappa shape index (κ2) is 8.06. The molecule has 0 saturated carbocycles. The molecule has 0 spiro atoms. The van der Waals surface area contributed by atoms with Crippen LogP contribution >= 0.6 is 0 Å². The smallest absolute Gasteiger partial charge is 0.248 e. The molecule has 1 unspecified atom stereocenters. The first kappa shape index (κ1) is 19.3. The lowest BCUT2D eigenvalue weighted by molar-refractivity contribution is -0.131. The molecule has 1 atom stereocenters. The Morgan fingerprint density at radius 2 is 2.08 bits per heavy atom. The molecular weight excluding hydrogens is 356 g/mol. The summed E-state index contributed by atoms with van der Waals surface area (Å²) in [5.41, 5.74) is 0.379. The maximum atomic E-state index is 12.9. The Bertz CT molecular complexity index is 720. The number of hydrogen-bond acceptors (Lipinski definition) is 6. The van der Waals surface area contributed by atoms with Gasteiger partial charge in [0, 0.05) is 32.6 Å². The Morgan fingerprint density at radius 1 is 1.27 bits per heavy atom. The van der Waals surface area contributed by atoms with Gasteiger partial charge in [-0.05, 0) is 52.1 Å². The van der Waals surface area contributed by atoms with E-state index in [1.807, 2.05) is 4.90 Å². The Balaban J connectivity index is 1.60. The van der Waals surface area contributed by atoms with E-state index >= 15 is 0 Å². The Labute approximate surface area is 154 Å². The molecule has 2 aliphatic rings. The van der Waals surface area contributed by atoms with Crippen molar-refractivity contribution in [2.75, 3.05) is 39.3 Å². The third kappa shape index (κ3) is 4.10. The second-order valence-corrected chi connectivity index (χ2v) is 9.06. The van der Waals surface area contributed by atoms with Crippen molar-refractivity contribution in [1.82, 2.24) is 19.7 Å². The molecule has 146 valence electrons. The molecule has 3 heterocycles. The summed E-state index contributed by atoms with van der Waals surface area (Å²) in [5, 5.41) is 7.07. The van der Waals surface area contributed by atoms with Crippen LogP contribution in [0, 0.1) is 19.8 Å². The fourth-order valence-electron chi connectivity index (χ4n) is 3.80. The molecule has 0 aliphatic carbocycles. The normalized spacial score (nSPS) is 22.5. The number of rotatable bonds is 5. The average Bonchev–Trinajstić information content (AvgIpc) is 3.15. The van der Waals surface area contributed by atoms with Gasteiger partial charge in [-0.3, -0.25) is 4.79 Å². The lowest BCUT2D eigenvalue weighted by Gasteiger charge is -2.22. The summed E-state index contributed by atoms with van der Waals surface area (Å²) in [4.78, 5) is 14.5. The van der Waals surface area contributed by atoms with E-state index in [1.165, 1.54) is 4.31 Å². The molecule has 2 aliphatic heterocycles. The summed E-state index contributed by atoms with van der Waals surface area (Å²) in [6.45, 7) is 7.03. The van der Waals surface area contributed by atoms with Gasteiger partial charge in [0.2, 0.25) is 15.9 Å². The van der Waals surface area contributed by atoms with Gasteiger partial charge in [-0.1, -0.05) is 5.16 Å². The Kier molecular flexibility index (Phi) is 5.99. The molecule has 3 rings (SSSR count). The van der Waals surface area contributed by atoms with E-state index in [2.05, 4.69) is 10.5 Å². The van der Waals surface area contributed by atoms with Crippen molar-refractivity contribution >= 4 is 15.9 Å². The van der Waals surface area contributed by atoms with Crippen molar-refractivity contribution in [3.05, 3.63) is 11.5 Å². The molecule has 26 heavy (non-hydrogen) atoms. The van der Waals surface area contributed by atoms with E-state index in [9.17, 15) is 13.2 Å². The van der Waals surface area contributed by atoms with Crippen LogP contribution in [-0.2, 0) is 14.8 Å². The zero-order valence-electron chi connectivity index (χ0n) is 15.5. The molecule has 9 heteroatoms. The molecule has 1 aromatic rings. The Morgan fingerprint density at radius 3 is 2.73 bits per heavy atom. The fraction of sp³-hybridized carbons (Fsp3) is 0.765. The minimum Gasteiger partial charge on any atom is -0.360 e. The first-order valence-corrected chi connectivity index (χ1v) is 10.7. The first-order valence-electron chi connectivity index (χ1n) is 9.31. The van der Waals surface area contributed by atoms with Gasteiger partial charge in [-0.25, -0.2) is 8.42 Å². The molecule has 2 saturated heterocycles. The van der Waals surface area contributed by atoms with E-state index < -0.39 is 10.0 Å². The van der Waals surface area contributed by atoms with Crippen LogP contribution in [0.15, 0.2) is 9.42 Å². The summed E-state index contributed by atoms with van der Waals surface area (Å²) in [7, 11) is -3.65. The van der Waals surface area contributed by atoms with Crippen LogP contribution in [0.4, 0.5) is 0 Å². The van der Waals surface area contributed by atoms with Crippen molar-refractivity contribution in [3.8, 4) is 0 Å². The summed E-state index contributed by atoms with van der Waals surface area (Å²) >= 11 is 0. The van der Waals surface area contributed by atoms with Crippen molar-refractivity contribution < 1.29 is 17.7 Å². The number of hydrogen-bond donors (Lipinski definition) is 1. The standard InChI is InChI=1S/C17H28N4O4S/c1-13-17(14(2)25-19-13)26(23,24)21-9-3-8-20(10-11-21)16(22)5-4-15-6-7-18-12-15/h15,18H,3-12H2,1-2H3. The average molecular weight is 385 g/mol. The van der Waals surface area contributed by atoms with Crippen molar-refractivity contribution in [3.63, 3.8) is 0 Å². The number of carbonyl (C=O) groups is 1. The van der Waals surface area contributed by atoms with Crippen LogP contribution in [0.25, 0.3) is 0 Å². The minimum absolute atomic E-state index is 0.133. The topological polar surface area (TPSA) is 95.8 Å². The quantitative estimate of drug-likeness (QED) is 0.810. The van der Waals surface area contributed by atoms with E-state index in [0.29, 0.717) is 56.4 Å². The molecule has 0 radical (unpaired) electrons. The van der Waals surface area contributed by atoms with Gasteiger partial charge in [0.1, 0.15) is 10.6 Å². The summed E-state index contributed by atoms with van der Waals surface area (Å²) in [6.07, 6.45) is 3.22. The minimum atomic E-state index is -3.65. The number of aryl methyl sites for hydroxylation is 2. The van der Waals surface area contributed by atoms with E-state index in [-0.39, 0.29) is 10.8 Å².